The first-order chi connectivity index (χ1) is 10.9. The zero-order valence-electron chi connectivity index (χ0n) is 14.0. The highest BCUT2D eigenvalue weighted by Gasteiger charge is 2.20. The second-order valence-electron chi connectivity index (χ2n) is 5.60. The van der Waals surface area contributed by atoms with Gasteiger partial charge in [-0.05, 0) is 44.5 Å². The first-order valence-electron chi connectivity index (χ1n) is 7.71. The molecule has 0 aliphatic carbocycles. The summed E-state index contributed by atoms with van der Waals surface area (Å²) in [6.07, 6.45) is 1.54. The molecule has 4 nitrogen and oxygen atoms in total. The van der Waals surface area contributed by atoms with Crippen LogP contribution in [0.2, 0.25) is 0 Å². The van der Waals surface area contributed by atoms with E-state index in [-0.39, 0.29) is 30.2 Å². The van der Waals surface area contributed by atoms with Crippen molar-refractivity contribution in [1.82, 2.24) is 10.3 Å². The number of aryl methyl sites for hydroxylation is 1. The minimum absolute atomic E-state index is 0. The maximum atomic E-state index is 13.0. The van der Waals surface area contributed by atoms with Gasteiger partial charge in [-0.2, -0.15) is 0 Å². The fraction of sp³-hybridized carbons (Fsp3) is 0.412. The zero-order chi connectivity index (χ0) is 17.0. The highest BCUT2D eigenvalue weighted by molar-refractivity contribution is 7.15. The molecule has 3 N–H and O–H groups in total. The third-order valence-electron chi connectivity index (χ3n) is 3.61. The van der Waals surface area contributed by atoms with Gasteiger partial charge in [0.2, 0.25) is 5.91 Å². The molecule has 0 aliphatic heterocycles. The third kappa shape index (κ3) is 5.00. The largest absolute Gasteiger partial charge is 0.347 e. The fourth-order valence-corrected chi connectivity index (χ4v) is 3.43. The second-order valence-corrected chi connectivity index (χ2v) is 6.63. The number of carbonyl (C=O) groups is 1. The van der Waals surface area contributed by atoms with Crippen molar-refractivity contribution in [2.24, 2.45) is 5.73 Å². The van der Waals surface area contributed by atoms with Gasteiger partial charge in [0, 0.05) is 5.56 Å². The highest BCUT2D eigenvalue weighted by Crippen LogP contribution is 2.31. The highest BCUT2D eigenvalue weighted by atomic mass is 35.5. The van der Waals surface area contributed by atoms with Crippen molar-refractivity contribution < 1.29 is 9.18 Å². The van der Waals surface area contributed by atoms with E-state index in [0.717, 1.165) is 27.6 Å². The number of hydrogen-bond donors (Lipinski definition) is 2. The van der Waals surface area contributed by atoms with Crippen LogP contribution in [-0.4, -0.2) is 16.9 Å². The number of rotatable bonds is 6. The average molecular weight is 372 g/mol. The molecule has 1 amide bonds. The predicted molar refractivity (Wildman–Crippen MR) is 98.9 cm³/mol. The number of halogens is 2. The lowest BCUT2D eigenvalue weighted by molar-refractivity contribution is -0.123. The number of carbonyl (C=O) groups excluding carboxylic acids is 1. The summed E-state index contributed by atoms with van der Waals surface area (Å²) in [5.74, 6) is -0.414. The van der Waals surface area contributed by atoms with Crippen molar-refractivity contribution in [3.05, 3.63) is 40.7 Å². The molecule has 0 saturated carbocycles. The van der Waals surface area contributed by atoms with E-state index in [1.807, 2.05) is 20.8 Å². The van der Waals surface area contributed by atoms with Crippen LogP contribution in [0.25, 0.3) is 10.6 Å². The Kier molecular flexibility index (Phi) is 7.79. The average Bonchev–Trinajstić information content (AvgIpc) is 2.90. The van der Waals surface area contributed by atoms with E-state index in [2.05, 4.69) is 10.3 Å². The minimum atomic E-state index is -0.479. The van der Waals surface area contributed by atoms with Crippen LogP contribution in [0.15, 0.2) is 24.3 Å². The molecule has 0 bridgehead atoms. The number of nitrogens with zero attached hydrogens (tertiary/aromatic N) is 1. The molecule has 24 heavy (non-hydrogen) atoms. The molecule has 0 spiro atoms. The van der Waals surface area contributed by atoms with Crippen LogP contribution in [0.4, 0.5) is 4.39 Å². The monoisotopic (exact) mass is 371 g/mol. The van der Waals surface area contributed by atoms with Crippen molar-refractivity contribution >= 4 is 29.7 Å². The normalized spacial score (nSPS) is 13.0. The zero-order valence-corrected chi connectivity index (χ0v) is 15.6. The van der Waals surface area contributed by atoms with Crippen LogP contribution < -0.4 is 11.1 Å². The summed E-state index contributed by atoms with van der Waals surface area (Å²) in [4.78, 5) is 17.6. The SMILES string of the molecule is CCCC(N)C(=O)NC(C)c1sc(-c2ccc(F)cc2)nc1C.Cl. The van der Waals surface area contributed by atoms with E-state index in [1.54, 1.807) is 12.1 Å². The van der Waals surface area contributed by atoms with Crippen LogP contribution in [-0.2, 0) is 4.79 Å². The summed E-state index contributed by atoms with van der Waals surface area (Å²) in [5.41, 5.74) is 7.58. The van der Waals surface area contributed by atoms with E-state index in [4.69, 9.17) is 5.73 Å². The quantitative estimate of drug-likeness (QED) is 0.806. The topological polar surface area (TPSA) is 68.0 Å². The van der Waals surface area contributed by atoms with Crippen molar-refractivity contribution in [2.75, 3.05) is 0 Å². The summed E-state index contributed by atoms with van der Waals surface area (Å²) in [6.45, 7) is 5.83. The van der Waals surface area contributed by atoms with Gasteiger partial charge in [-0.25, -0.2) is 9.37 Å². The number of nitrogens with one attached hydrogen (secondary N) is 1. The predicted octanol–water partition coefficient (Wildman–Crippen LogP) is 3.98. The van der Waals surface area contributed by atoms with Gasteiger partial charge in [-0.15, -0.1) is 23.7 Å². The van der Waals surface area contributed by atoms with Gasteiger partial charge in [0.1, 0.15) is 10.8 Å². The van der Waals surface area contributed by atoms with E-state index in [1.165, 1.54) is 23.5 Å². The van der Waals surface area contributed by atoms with Crippen LogP contribution in [0.1, 0.15) is 43.3 Å². The number of hydrogen-bond acceptors (Lipinski definition) is 4. The molecule has 1 heterocycles. The van der Waals surface area contributed by atoms with Crippen LogP contribution in [0.3, 0.4) is 0 Å². The van der Waals surface area contributed by atoms with Crippen LogP contribution in [0, 0.1) is 12.7 Å². The summed E-state index contributed by atoms with van der Waals surface area (Å²) in [5, 5.41) is 3.76. The first-order valence-corrected chi connectivity index (χ1v) is 8.53. The maximum Gasteiger partial charge on any atom is 0.237 e. The van der Waals surface area contributed by atoms with E-state index in [0.29, 0.717) is 6.42 Å². The smallest absolute Gasteiger partial charge is 0.237 e. The lowest BCUT2D eigenvalue weighted by Crippen LogP contribution is -2.41. The van der Waals surface area contributed by atoms with Gasteiger partial charge in [0.15, 0.2) is 0 Å². The number of aromatic nitrogens is 1. The molecule has 7 heteroatoms. The molecule has 0 saturated heterocycles. The van der Waals surface area contributed by atoms with Crippen LogP contribution >= 0.6 is 23.7 Å². The molecule has 2 rings (SSSR count). The van der Waals surface area contributed by atoms with Gasteiger partial charge >= 0.3 is 0 Å². The Hall–Kier alpha value is -1.50. The molecule has 1 aromatic heterocycles. The molecule has 2 aromatic rings. The number of benzene rings is 1. The Morgan fingerprint density at radius 2 is 2.00 bits per heavy atom. The van der Waals surface area contributed by atoms with Gasteiger partial charge in [0.05, 0.1) is 22.7 Å². The van der Waals surface area contributed by atoms with E-state index in [9.17, 15) is 9.18 Å². The Bertz CT molecular complexity index is 675. The van der Waals surface area contributed by atoms with Crippen molar-refractivity contribution in [3.8, 4) is 10.6 Å². The molecule has 0 aliphatic rings. The maximum absolute atomic E-state index is 13.0. The lowest BCUT2D eigenvalue weighted by Gasteiger charge is -2.16. The van der Waals surface area contributed by atoms with Gasteiger partial charge in [-0.1, -0.05) is 13.3 Å². The van der Waals surface area contributed by atoms with Crippen molar-refractivity contribution in [2.45, 2.75) is 45.7 Å². The lowest BCUT2D eigenvalue weighted by atomic mass is 10.1. The summed E-state index contributed by atoms with van der Waals surface area (Å²) in [7, 11) is 0. The summed E-state index contributed by atoms with van der Waals surface area (Å²) < 4.78 is 13.0. The summed E-state index contributed by atoms with van der Waals surface area (Å²) >= 11 is 1.50. The van der Waals surface area contributed by atoms with Crippen molar-refractivity contribution in [3.63, 3.8) is 0 Å². The molecule has 0 fully saturated rings. The Morgan fingerprint density at radius 1 is 1.38 bits per heavy atom. The molecule has 2 unspecified atom stereocenters. The van der Waals surface area contributed by atoms with Crippen LogP contribution in [0.5, 0.6) is 0 Å². The Balaban J connectivity index is 0.00000288. The molecule has 1 aromatic carbocycles. The number of amides is 1. The Morgan fingerprint density at radius 3 is 2.58 bits per heavy atom. The Labute approximate surface area is 152 Å². The molecule has 132 valence electrons. The van der Waals surface area contributed by atoms with Gasteiger partial charge in [0.25, 0.3) is 0 Å². The second kappa shape index (κ2) is 9.11. The van der Waals surface area contributed by atoms with Gasteiger partial charge < -0.3 is 11.1 Å². The molecular weight excluding hydrogens is 349 g/mol. The summed E-state index contributed by atoms with van der Waals surface area (Å²) in [6, 6.07) is 5.61. The number of nitrogens with two attached hydrogens (primary N) is 1. The molecular formula is C17H23ClFN3OS. The van der Waals surface area contributed by atoms with E-state index < -0.39 is 6.04 Å². The standard InChI is InChI=1S/C17H22FN3OS.ClH/c1-4-5-14(19)16(22)20-10(2)15-11(3)21-17(23-15)12-6-8-13(18)9-7-12;/h6-10,14H,4-5,19H2,1-3H3,(H,20,22);1H. The minimum Gasteiger partial charge on any atom is -0.347 e. The van der Waals surface area contributed by atoms with Gasteiger partial charge in [-0.3, -0.25) is 4.79 Å². The molecule has 2 atom stereocenters. The third-order valence-corrected chi connectivity index (χ3v) is 5.00. The van der Waals surface area contributed by atoms with Crippen molar-refractivity contribution in [1.29, 1.82) is 0 Å². The first kappa shape index (κ1) is 20.5. The number of thiazole rings is 1. The fourth-order valence-electron chi connectivity index (χ4n) is 2.35. The van der Waals surface area contributed by atoms with E-state index >= 15 is 0 Å². The molecule has 0 radical (unpaired) electrons.